The van der Waals surface area contributed by atoms with Gasteiger partial charge in [-0.15, -0.1) is 5.10 Å². The van der Waals surface area contributed by atoms with Gasteiger partial charge in [0, 0.05) is 50.1 Å². The van der Waals surface area contributed by atoms with Gasteiger partial charge in [0.05, 0.1) is 23.5 Å². The highest BCUT2D eigenvalue weighted by Gasteiger charge is 2.22. The molecule has 9 heteroatoms. The Morgan fingerprint density at radius 2 is 1.84 bits per heavy atom. The number of rotatable bonds is 5. The second kappa shape index (κ2) is 8.61. The molecule has 1 N–H and O–H groups in total. The topological polar surface area (TPSA) is 107 Å². The summed E-state index contributed by atoms with van der Waals surface area (Å²) in [6, 6.07) is 17.5. The van der Waals surface area contributed by atoms with Crippen LogP contribution in [0.1, 0.15) is 16.8 Å². The fourth-order valence-electron chi connectivity index (χ4n) is 3.98. The van der Waals surface area contributed by atoms with Gasteiger partial charge >= 0.3 is 0 Å². The molecular formula is C23H22N8O. The van der Waals surface area contributed by atoms with Crippen molar-refractivity contribution < 1.29 is 4.79 Å². The van der Waals surface area contributed by atoms with Crippen LogP contribution in [0.15, 0.2) is 54.7 Å². The summed E-state index contributed by atoms with van der Waals surface area (Å²) in [7, 11) is 0. The lowest BCUT2D eigenvalue weighted by Crippen LogP contribution is -2.48. The number of fused-ring (bicyclic) bond motifs is 1. The molecule has 0 spiro atoms. The molecule has 0 aliphatic carbocycles. The largest absolute Gasteiger partial charge is 0.336 e. The van der Waals surface area contributed by atoms with Gasteiger partial charge in [-0.1, -0.05) is 23.4 Å². The molecule has 4 aromatic rings. The van der Waals surface area contributed by atoms with Crippen LogP contribution in [-0.4, -0.2) is 73.6 Å². The van der Waals surface area contributed by atoms with Crippen LogP contribution < -0.4 is 0 Å². The predicted octanol–water partition coefficient (Wildman–Crippen LogP) is 2.48. The molecular weight excluding hydrogens is 404 g/mol. The average Bonchev–Trinajstić information content (AvgIpc) is 3.50. The molecule has 1 amide bonds. The van der Waals surface area contributed by atoms with E-state index in [1.807, 2.05) is 59.6 Å². The Hall–Kier alpha value is -4.03. The maximum Gasteiger partial charge on any atom is 0.253 e. The maximum absolute atomic E-state index is 12.9. The fraction of sp³-hybridized carbons (Fsp3) is 0.261. The average molecular weight is 426 g/mol. The lowest BCUT2D eigenvalue weighted by molar-refractivity contribution is 0.0639. The minimum atomic E-state index is 0.0266. The van der Waals surface area contributed by atoms with Crippen LogP contribution >= 0.6 is 0 Å². The van der Waals surface area contributed by atoms with Crippen molar-refractivity contribution in [2.45, 2.75) is 6.42 Å². The second-order valence-electron chi connectivity index (χ2n) is 7.75. The molecule has 9 nitrogen and oxygen atoms in total. The van der Waals surface area contributed by atoms with Crippen LogP contribution in [0.3, 0.4) is 0 Å². The normalized spacial score (nSPS) is 14.5. The molecule has 0 bridgehead atoms. The van der Waals surface area contributed by atoms with E-state index in [2.05, 4.69) is 31.5 Å². The van der Waals surface area contributed by atoms with Crippen molar-refractivity contribution in [2.75, 3.05) is 32.7 Å². The van der Waals surface area contributed by atoms with Crippen LogP contribution in [-0.2, 0) is 0 Å². The molecule has 3 heterocycles. The number of nitriles is 1. The van der Waals surface area contributed by atoms with Gasteiger partial charge in [-0.05, 0) is 30.3 Å². The van der Waals surface area contributed by atoms with Crippen molar-refractivity contribution in [3.05, 3.63) is 60.3 Å². The Kier molecular flexibility index (Phi) is 5.35. The SMILES string of the molecule is N#CCCN1CCN(C(=O)c2ccc(-n3cc(-c4n[nH]c5ccccc45)nn3)cc2)CC1. The van der Waals surface area contributed by atoms with Crippen molar-refractivity contribution in [3.8, 4) is 23.1 Å². The highest BCUT2D eigenvalue weighted by atomic mass is 16.2. The number of nitrogens with one attached hydrogen (secondary N) is 1. The van der Waals surface area contributed by atoms with Gasteiger partial charge in [0.1, 0.15) is 11.4 Å². The Morgan fingerprint density at radius 1 is 1.06 bits per heavy atom. The highest BCUT2D eigenvalue weighted by molar-refractivity contribution is 5.94. The summed E-state index contributed by atoms with van der Waals surface area (Å²) in [5.74, 6) is 0.0266. The van der Waals surface area contributed by atoms with Crippen molar-refractivity contribution in [1.29, 1.82) is 5.26 Å². The van der Waals surface area contributed by atoms with E-state index in [1.54, 1.807) is 4.68 Å². The monoisotopic (exact) mass is 426 g/mol. The number of para-hydroxylation sites is 1. The number of carbonyl (C=O) groups excluding carboxylic acids is 1. The summed E-state index contributed by atoms with van der Waals surface area (Å²) in [5, 5.41) is 25.6. The third-order valence-electron chi connectivity index (χ3n) is 5.78. The van der Waals surface area contributed by atoms with E-state index in [0.717, 1.165) is 41.9 Å². The zero-order valence-electron chi connectivity index (χ0n) is 17.5. The van der Waals surface area contributed by atoms with E-state index in [1.165, 1.54) is 0 Å². The summed E-state index contributed by atoms with van der Waals surface area (Å²) in [4.78, 5) is 17.0. The van der Waals surface area contributed by atoms with E-state index >= 15 is 0 Å². The zero-order chi connectivity index (χ0) is 21.9. The molecule has 1 saturated heterocycles. The van der Waals surface area contributed by atoms with Gasteiger partial charge in [-0.25, -0.2) is 4.68 Å². The minimum absolute atomic E-state index is 0.0266. The van der Waals surface area contributed by atoms with E-state index in [0.29, 0.717) is 30.8 Å². The highest BCUT2D eigenvalue weighted by Crippen LogP contribution is 2.24. The molecule has 32 heavy (non-hydrogen) atoms. The number of benzene rings is 2. The van der Waals surface area contributed by atoms with Crippen molar-refractivity contribution >= 4 is 16.8 Å². The number of aromatic amines is 1. The van der Waals surface area contributed by atoms with Gasteiger partial charge < -0.3 is 4.90 Å². The summed E-state index contributed by atoms with van der Waals surface area (Å²) in [6.45, 7) is 3.72. The molecule has 0 unspecified atom stereocenters. The van der Waals surface area contributed by atoms with Crippen molar-refractivity contribution in [3.63, 3.8) is 0 Å². The Bertz CT molecular complexity index is 1280. The van der Waals surface area contributed by atoms with Gasteiger partial charge in [0.25, 0.3) is 5.91 Å². The standard InChI is InChI=1S/C23H22N8O/c24-10-3-11-29-12-14-30(15-13-29)23(32)17-6-8-18(9-7-17)31-16-21(26-28-31)22-19-4-1-2-5-20(19)25-27-22/h1-2,4-9,16H,3,11-15H2,(H,25,27). The number of aromatic nitrogens is 5. The first-order chi connectivity index (χ1) is 15.7. The number of hydrogen-bond donors (Lipinski definition) is 1. The minimum Gasteiger partial charge on any atom is -0.336 e. The Balaban J connectivity index is 1.27. The van der Waals surface area contributed by atoms with Gasteiger partial charge in [-0.2, -0.15) is 10.4 Å². The van der Waals surface area contributed by atoms with Crippen LogP contribution in [0.2, 0.25) is 0 Å². The molecule has 5 rings (SSSR count). The third kappa shape index (κ3) is 3.84. The molecule has 0 radical (unpaired) electrons. The first kappa shape index (κ1) is 19.9. The Morgan fingerprint density at radius 3 is 2.62 bits per heavy atom. The van der Waals surface area contributed by atoms with Gasteiger partial charge in [0.15, 0.2) is 0 Å². The van der Waals surface area contributed by atoms with Crippen LogP contribution in [0.4, 0.5) is 0 Å². The number of hydrogen-bond acceptors (Lipinski definition) is 6. The van der Waals surface area contributed by atoms with Crippen molar-refractivity contribution in [2.24, 2.45) is 0 Å². The number of nitrogens with zero attached hydrogens (tertiary/aromatic N) is 7. The second-order valence-corrected chi connectivity index (χ2v) is 7.75. The molecule has 2 aromatic carbocycles. The third-order valence-corrected chi connectivity index (χ3v) is 5.78. The van der Waals surface area contributed by atoms with Crippen LogP contribution in [0, 0.1) is 11.3 Å². The number of piperazine rings is 1. The Labute approximate surface area is 184 Å². The van der Waals surface area contributed by atoms with Crippen LogP contribution in [0.25, 0.3) is 28.0 Å². The maximum atomic E-state index is 12.9. The summed E-state index contributed by atoms with van der Waals surface area (Å²) >= 11 is 0. The lowest BCUT2D eigenvalue weighted by atomic mass is 10.1. The molecule has 2 aromatic heterocycles. The first-order valence-electron chi connectivity index (χ1n) is 10.6. The van der Waals surface area contributed by atoms with E-state index in [-0.39, 0.29) is 5.91 Å². The summed E-state index contributed by atoms with van der Waals surface area (Å²) in [5.41, 5.74) is 3.86. The molecule has 1 aliphatic heterocycles. The van der Waals surface area contributed by atoms with Crippen molar-refractivity contribution in [1.82, 2.24) is 35.0 Å². The van der Waals surface area contributed by atoms with Gasteiger partial charge in [-0.3, -0.25) is 14.8 Å². The number of H-pyrrole nitrogens is 1. The predicted molar refractivity (Wildman–Crippen MR) is 119 cm³/mol. The van der Waals surface area contributed by atoms with E-state index in [9.17, 15) is 4.79 Å². The molecule has 0 atom stereocenters. The lowest BCUT2D eigenvalue weighted by Gasteiger charge is -2.34. The number of carbonyl (C=O) groups is 1. The summed E-state index contributed by atoms with van der Waals surface area (Å²) < 4.78 is 1.68. The number of amides is 1. The first-order valence-corrected chi connectivity index (χ1v) is 10.6. The molecule has 1 fully saturated rings. The quantitative estimate of drug-likeness (QED) is 0.525. The van der Waals surface area contributed by atoms with E-state index in [4.69, 9.17) is 5.26 Å². The van der Waals surface area contributed by atoms with Gasteiger partial charge in [0.2, 0.25) is 0 Å². The van der Waals surface area contributed by atoms with Crippen LogP contribution in [0.5, 0.6) is 0 Å². The zero-order valence-corrected chi connectivity index (χ0v) is 17.5. The molecule has 0 saturated carbocycles. The smallest absolute Gasteiger partial charge is 0.253 e. The van der Waals surface area contributed by atoms with E-state index < -0.39 is 0 Å². The molecule has 160 valence electrons. The fourth-order valence-corrected chi connectivity index (χ4v) is 3.98. The molecule has 1 aliphatic rings. The summed E-state index contributed by atoms with van der Waals surface area (Å²) in [6.07, 6.45) is 2.36.